The van der Waals surface area contributed by atoms with E-state index in [0.717, 1.165) is 22.3 Å². The maximum atomic E-state index is 10.6. The Hall–Kier alpha value is -1.18. The van der Waals surface area contributed by atoms with E-state index in [1.807, 2.05) is 0 Å². The molecule has 1 aliphatic carbocycles. The standard InChI is InChI=1S/C7H2O2/c8-6-2-1-3-5(4(2)6)7(3)9/h1H2. The summed E-state index contributed by atoms with van der Waals surface area (Å²) >= 11 is 0. The first-order valence-electron chi connectivity index (χ1n) is 2.87. The van der Waals surface area contributed by atoms with E-state index >= 15 is 0 Å². The summed E-state index contributed by atoms with van der Waals surface area (Å²) in [6.07, 6.45) is 0.655. The van der Waals surface area contributed by atoms with Gasteiger partial charge >= 0.3 is 0 Å². The maximum Gasteiger partial charge on any atom is 0.191 e. The average Bonchev–Trinajstić information content (AvgIpc) is 2.63. The third kappa shape index (κ3) is 0.220. The Bertz CT molecular complexity index is 390. The molecule has 0 bridgehead atoms. The first-order chi connectivity index (χ1) is 4.30. The van der Waals surface area contributed by atoms with Gasteiger partial charge in [-0.25, -0.2) is 0 Å². The molecule has 2 aromatic carbocycles. The molecule has 0 amide bonds. The summed E-state index contributed by atoms with van der Waals surface area (Å²) in [6.45, 7) is 0. The second kappa shape index (κ2) is 0.727. The molecule has 1 aliphatic rings. The fourth-order valence-electron chi connectivity index (χ4n) is 1.46. The molecule has 0 fully saturated rings. The van der Waals surface area contributed by atoms with Gasteiger partial charge in [0, 0.05) is 28.7 Å². The lowest BCUT2D eigenvalue weighted by Gasteiger charge is -1.68. The van der Waals surface area contributed by atoms with Crippen molar-refractivity contribution in [2.75, 3.05) is 0 Å². The Balaban J connectivity index is 2.47. The largest absolute Gasteiger partial charge is 0.289 e. The van der Waals surface area contributed by atoms with Crippen LogP contribution in [0.3, 0.4) is 0 Å². The zero-order valence-corrected chi connectivity index (χ0v) is 4.52. The van der Waals surface area contributed by atoms with E-state index in [-0.39, 0.29) is 10.9 Å². The quantitative estimate of drug-likeness (QED) is 0.407. The molecule has 0 unspecified atom stereocenters. The highest BCUT2D eigenvalue weighted by Gasteiger charge is 2.42. The van der Waals surface area contributed by atoms with E-state index in [9.17, 15) is 9.59 Å². The monoisotopic (exact) mass is 118 g/mol. The van der Waals surface area contributed by atoms with Gasteiger partial charge in [0.05, 0.1) is 0 Å². The van der Waals surface area contributed by atoms with Crippen molar-refractivity contribution in [2.24, 2.45) is 0 Å². The zero-order valence-electron chi connectivity index (χ0n) is 4.52. The maximum absolute atomic E-state index is 10.6. The Morgan fingerprint density at radius 1 is 0.889 bits per heavy atom. The van der Waals surface area contributed by atoms with Crippen molar-refractivity contribution in [3.05, 3.63) is 31.6 Å². The van der Waals surface area contributed by atoms with Crippen LogP contribution in [0, 0.1) is 0 Å². The predicted octanol–water partition coefficient (Wildman–Crippen LogP) is -0.271. The summed E-state index contributed by atoms with van der Waals surface area (Å²) in [7, 11) is 0. The summed E-state index contributed by atoms with van der Waals surface area (Å²) in [5, 5.41) is 0. The lowest BCUT2D eigenvalue weighted by atomic mass is 10.3. The molecule has 42 valence electrons. The molecule has 0 spiro atoms. The van der Waals surface area contributed by atoms with Crippen LogP contribution in [0.5, 0.6) is 0 Å². The van der Waals surface area contributed by atoms with Crippen molar-refractivity contribution < 1.29 is 0 Å². The lowest BCUT2D eigenvalue weighted by Crippen LogP contribution is -1.84. The fraction of sp³-hybridized carbons (Fsp3) is 0.143. The van der Waals surface area contributed by atoms with Gasteiger partial charge in [-0.15, -0.1) is 0 Å². The van der Waals surface area contributed by atoms with Crippen LogP contribution in [0.4, 0.5) is 0 Å². The molecule has 0 aromatic heterocycles. The Morgan fingerprint density at radius 3 is 1.67 bits per heavy atom. The van der Waals surface area contributed by atoms with E-state index in [1.165, 1.54) is 0 Å². The number of hydrogen-bond donors (Lipinski definition) is 0. The summed E-state index contributed by atoms with van der Waals surface area (Å²) < 4.78 is 0. The smallest absolute Gasteiger partial charge is 0.191 e. The molecule has 9 heavy (non-hydrogen) atoms. The minimum Gasteiger partial charge on any atom is -0.289 e. The molecular formula is C7H2O2. The van der Waals surface area contributed by atoms with Crippen molar-refractivity contribution in [3.63, 3.8) is 0 Å². The first kappa shape index (κ1) is 3.77. The van der Waals surface area contributed by atoms with Crippen molar-refractivity contribution in [2.45, 2.75) is 6.42 Å². The van der Waals surface area contributed by atoms with E-state index in [0.29, 0.717) is 6.42 Å². The summed E-state index contributed by atoms with van der Waals surface area (Å²) in [6, 6.07) is 0. The lowest BCUT2D eigenvalue weighted by molar-refractivity contribution is 1.32. The normalized spacial score (nSPS) is 15.1. The second-order valence-corrected chi connectivity index (χ2v) is 2.54. The molecule has 0 atom stereocenters. The third-order valence-corrected chi connectivity index (χ3v) is 2.08. The number of rotatable bonds is 0. The minimum absolute atomic E-state index is 0.139. The van der Waals surface area contributed by atoms with Crippen LogP contribution < -0.4 is 10.9 Å². The van der Waals surface area contributed by atoms with Gasteiger partial charge in [-0.3, -0.25) is 9.59 Å². The number of fused-ring (bicyclic) bond motifs is 3. The third-order valence-electron chi connectivity index (χ3n) is 2.08. The fourth-order valence-corrected chi connectivity index (χ4v) is 1.46. The van der Waals surface area contributed by atoms with Gasteiger partial charge in [0.15, 0.2) is 10.9 Å². The Morgan fingerprint density at radius 2 is 1.33 bits per heavy atom. The minimum atomic E-state index is 0.139. The highest BCUT2D eigenvalue weighted by atomic mass is 16.1. The van der Waals surface area contributed by atoms with Crippen LogP contribution in [-0.4, -0.2) is 0 Å². The average molecular weight is 118 g/mol. The first-order valence-corrected chi connectivity index (χ1v) is 2.87. The summed E-state index contributed by atoms with van der Waals surface area (Å²) in [5.41, 5.74) is 3.60. The number of hydrogen-bond acceptors (Lipinski definition) is 2. The van der Waals surface area contributed by atoms with Crippen LogP contribution in [-0.2, 0) is 6.42 Å². The highest BCUT2D eigenvalue weighted by molar-refractivity contribution is 5.91. The molecule has 2 aromatic rings. The predicted molar refractivity (Wildman–Crippen MR) is 32.0 cm³/mol. The van der Waals surface area contributed by atoms with Gasteiger partial charge < -0.3 is 0 Å². The van der Waals surface area contributed by atoms with E-state index in [4.69, 9.17) is 0 Å². The molecule has 3 rings (SSSR count). The molecule has 2 heteroatoms. The van der Waals surface area contributed by atoms with Crippen molar-refractivity contribution in [3.8, 4) is 11.1 Å². The van der Waals surface area contributed by atoms with Crippen molar-refractivity contribution in [1.82, 2.24) is 0 Å². The van der Waals surface area contributed by atoms with Gasteiger partial charge in [0.1, 0.15) is 0 Å². The van der Waals surface area contributed by atoms with E-state index in [2.05, 4.69) is 0 Å². The van der Waals surface area contributed by atoms with Crippen LogP contribution >= 0.6 is 0 Å². The molecule has 0 heterocycles. The molecule has 2 nitrogen and oxygen atoms in total. The molecule has 0 saturated heterocycles. The summed E-state index contributed by atoms with van der Waals surface area (Å²) in [5.74, 6) is 0. The zero-order chi connectivity index (χ0) is 6.17. The van der Waals surface area contributed by atoms with Crippen LogP contribution in [0.2, 0.25) is 0 Å². The van der Waals surface area contributed by atoms with Crippen LogP contribution in [0.15, 0.2) is 9.59 Å². The second-order valence-electron chi connectivity index (χ2n) is 2.54. The highest BCUT2D eigenvalue weighted by Crippen LogP contribution is 2.39. The topological polar surface area (TPSA) is 34.1 Å². The van der Waals surface area contributed by atoms with Gasteiger partial charge in [-0.1, -0.05) is 0 Å². The van der Waals surface area contributed by atoms with Crippen molar-refractivity contribution >= 4 is 0 Å². The molecule has 0 radical (unpaired) electrons. The van der Waals surface area contributed by atoms with Gasteiger partial charge in [-0.2, -0.15) is 0 Å². The van der Waals surface area contributed by atoms with E-state index in [1.54, 1.807) is 0 Å². The Kier molecular flexibility index (Phi) is 0.305. The SMILES string of the molecule is O=c1c2c1-c1c(c1=O)C2. The van der Waals surface area contributed by atoms with Gasteiger partial charge in [0.2, 0.25) is 0 Å². The van der Waals surface area contributed by atoms with Gasteiger partial charge in [-0.05, 0) is 0 Å². The molecule has 0 N–H and O–H groups in total. The van der Waals surface area contributed by atoms with Crippen LogP contribution in [0.25, 0.3) is 11.1 Å². The Labute approximate surface area is 50.1 Å². The molecule has 0 saturated carbocycles. The van der Waals surface area contributed by atoms with Crippen LogP contribution in [0.1, 0.15) is 11.1 Å². The van der Waals surface area contributed by atoms with E-state index < -0.39 is 0 Å². The van der Waals surface area contributed by atoms with Crippen molar-refractivity contribution in [1.29, 1.82) is 0 Å². The summed E-state index contributed by atoms with van der Waals surface area (Å²) in [4.78, 5) is 21.2. The van der Waals surface area contributed by atoms with Gasteiger partial charge in [0.25, 0.3) is 0 Å². The molecule has 0 aliphatic heterocycles. The molecular weight excluding hydrogens is 116 g/mol.